The highest BCUT2D eigenvalue weighted by atomic mass is 16.1. The molecule has 0 bridgehead atoms. The number of nitrogens with zero attached hydrogens (tertiary/aromatic N) is 2. The van der Waals surface area contributed by atoms with E-state index in [1.807, 2.05) is 36.4 Å². The molecule has 2 aliphatic rings. The lowest BCUT2D eigenvalue weighted by Crippen LogP contribution is -2.38. The van der Waals surface area contributed by atoms with Crippen LogP contribution in [0.1, 0.15) is 53.7 Å². The fourth-order valence-corrected chi connectivity index (χ4v) is 5.28. The molecule has 1 fully saturated rings. The van der Waals surface area contributed by atoms with Crippen molar-refractivity contribution in [1.82, 2.24) is 15.2 Å². The van der Waals surface area contributed by atoms with Gasteiger partial charge in [0.15, 0.2) is 5.69 Å². The molecule has 1 amide bonds. The zero-order chi connectivity index (χ0) is 21.9. The molecule has 5 rings (SSSR count). The maximum atomic E-state index is 12.7. The van der Waals surface area contributed by atoms with Gasteiger partial charge in [-0.25, -0.2) is 4.85 Å². The van der Waals surface area contributed by atoms with Crippen molar-refractivity contribution in [2.75, 3.05) is 13.1 Å². The Morgan fingerprint density at radius 1 is 1.09 bits per heavy atom. The van der Waals surface area contributed by atoms with Crippen molar-refractivity contribution in [3.63, 3.8) is 0 Å². The number of H-pyrrole nitrogens is 1. The van der Waals surface area contributed by atoms with Crippen molar-refractivity contribution in [1.29, 1.82) is 0 Å². The number of aromatic amines is 1. The predicted molar refractivity (Wildman–Crippen MR) is 128 cm³/mol. The Morgan fingerprint density at radius 2 is 1.94 bits per heavy atom. The van der Waals surface area contributed by atoms with E-state index in [1.54, 1.807) is 0 Å². The van der Waals surface area contributed by atoms with E-state index in [0.29, 0.717) is 5.69 Å². The van der Waals surface area contributed by atoms with Gasteiger partial charge in [-0.2, -0.15) is 0 Å². The zero-order valence-electron chi connectivity index (χ0n) is 18.4. The molecule has 2 heterocycles. The van der Waals surface area contributed by atoms with Gasteiger partial charge in [-0.1, -0.05) is 36.4 Å². The van der Waals surface area contributed by atoms with E-state index in [9.17, 15) is 4.79 Å². The minimum absolute atomic E-state index is 0.00964. The van der Waals surface area contributed by atoms with Gasteiger partial charge in [0, 0.05) is 30.0 Å². The highest BCUT2D eigenvalue weighted by molar-refractivity contribution is 5.98. The second kappa shape index (κ2) is 9.18. The number of rotatable bonds is 5. The van der Waals surface area contributed by atoms with Gasteiger partial charge >= 0.3 is 0 Å². The third-order valence-electron chi connectivity index (χ3n) is 7.22. The summed E-state index contributed by atoms with van der Waals surface area (Å²) in [4.78, 5) is 22.0. The number of amides is 1. The summed E-state index contributed by atoms with van der Waals surface area (Å²) in [6, 6.07) is 16.4. The molecule has 0 atom stereocenters. The van der Waals surface area contributed by atoms with Gasteiger partial charge in [0.25, 0.3) is 5.91 Å². The molecular weight excluding hydrogens is 396 g/mol. The van der Waals surface area contributed by atoms with Crippen LogP contribution in [0.25, 0.3) is 15.7 Å². The number of aromatic nitrogens is 1. The van der Waals surface area contributed by atoms with E-state index < -0.39 is 0 Å². The van der Waals surface area contributed by atoms with Crippen molar-refractivity contribution >= 4 is 22.5 Å². The van der Waals surface area contributed by atoms with Crippen molar-refractivity contribution in [3.05, 3.63) is 76.8 Å². The maximum Gasteiger partial charge on any atom is 0.267 e. The number of carbonyl (C=O) groups is 1. The summed E-state index contributed by atoms with van der Waals surface area (Å²) in [6.07, 6.45) is 6.80. The fraction of sp³-hybridized carbons (Fsp3) is 0.407. The predicted octanol–water partition coefficient (Wildman–Crippen LogP) is 5.46. The summed E-state index contributed by atoms with van der Waals surface area (Å²) in [5.74, 6) is 0.752. The summed E-state index contributed by atoms with van der Waals surface area (Å²) >= 11 is 0. The average molecular weight is 427 g/mol. The fourth-order valence-electron chi connectivity index (χ4n) is 5.28. The highest BCUT2D eigenvalue weighted by Gasteiger charge is 2.24. The molecule has 2 N–H and O–H groups in total. The number of para-hydroxylation sites is 1. The molecule has 5 heteroatoms. The molecule has 0 unspecified atom stereocenters. The van der Waals surface area contributed by atoms with Crippen LogP contribution in [0.4, 0.5) is 5.69 Å². The first-order chi connectivity index (χ1) is 15.7. The zero-order valence-corrected chi connectivity index (χ0v) is 18.4. The normalized spacial score (nSPS) is 21.1. The van der Waals surface area contributed by atoms with Gasteiger partial charge in [-0.05, 0) is 74.2 Å². The van der Waals surface area contributed by atoms with Crippen LogP contribution in [0, 0.1) is 12.5 Å². The number of carbonyl (C=O) groups excluding carboxylic acids is 1. The maximum absolute atomic E-state index is 12.7. The van der Waals surface area contributed by atoms with E-state index in [0.717, 1.165) is 61.4 Å². The smallest absolute Gasteiger partial charge is 0.267 e. The van der Waals surface area contributed by atoms with Gasteiger partial charge < -0.3 is 10.3 Å². The third-order valence-corrected chi connectivity index (χ3v) is 7.22. The van der Waals surface area contributed by atoms with Crippen LogP contribution < -0.4 is 5.32 Å². The summed E-state index contributed by atoms with van der Waals surface area (Å²) < 4.78 is 0. The summed E-state index contributed by atoms with van der Waals surface area (Å²) in [7, 11) is 0. The van der Waals surface area contributed by atoms with Crippen LogP contribution in [0.3, 0.4) is 0 Å². The number of benzene rings is 2. The topological polar surface area (TPSA) is 52.5 Å². The van der Waals surface area contributed by atoms with Gasteiger partial charge in [0.05, 0.1) is 6.57 Å². The standard InChI is InChI=1S/C27H30N4O/c1-28-24-11-8-20-13-15-31(18-22(20)16-24)14-12-19-6-9-23(10-7-19)29-27(32)26-17-21-4-2-3-5-25(21)30-26/h2-5,8,11,16-17,19,23,30H,6-7,9-10,12-15,18H2,(H,29,32). The number of hydrogen-bond donors (Lipinski definition) is 2. The highest BCUT2D eigenvalue weighted by Crippen LogP contribution is 2.29. The lowest BCUT2D eigenvalue weighted by atomic mass is 9.84. The van der Waals surface area contributed by atoms with Crippen molar-refractivity contribution in [3.8, 4) is 0 Å². The quantitative estimate of drug-likeness (QED) is 0.533. The Kier molecular flexibility index (Phi) is 5.96. The Morgan fingerprint density at radius 3 is 2.75 bits per heavy atom. The SMILES string of the molecule is [C-]#[N+]c1ccc2c(c1)CN(CCC1CCC(NC(=O)c3cc4ccccc4[nH]3)CC1)CC2. The van der Waals surface area contributed by atoms with Crippen molar-refractivity contribution < 1.29 is 4.79 Å². The van der Waals surface area contributed by atoms with Gasteiger partial charge in [0.2, 0.25) is 0 Å². The molecule has 2 aromatic carbocycles. The van der Waals surface area contributed by atoms with Crippen LogP contribution >= 0.6 is 0 Å². The molecule has 1 aliphatic carbocycles. The Hall–Kier alpha value is -3.10. The number of hydrogen-bond acceptors (Lipinski definition) is 2. The molecule has 5 nitrogen and oxygen atoms in total. The summed E-state index contributed by atoms with van der Waals surface area (Å²) in [5.41, 5.74) is 5.14. The molecular formula is C27H30N4O. The second-order valence-electron chi connectivity index (χ2n) is 9.34. The minimum atomic E-state index is 0.00964. The third kappa shape index (κ3) is 4.56. The summed E-state index contributed by atoms with van der Waals surface area (Å²) in [5, 5.41) is 4.32. The lowest BCUT2D eigenvalue weighted by Gasteiger charge is -2.33. The first kappa shape index (κ1) is 20.8. The van der Waals surface area contributed by atoms with E-state index in [1.165, 1.54) is 30.4 Å². The minimum Gasteiger partial charge on any atom is -0.351 e. The van der Waals surface area contributed by atoms with Gasteiger partial charge in [0.1, 0.15) is 5.69 Å². The first-order valence-electron chi connectivity index (χ1n) is 11.8. The van der Waals surface area contributed by atoms with E-state index in [2.05, 4.69) is 32.2 Å². The molecule has 164 valence electrons. The van der Waals surface area contributed by atoms with Gasteiger partial charge in [-0.3, -0.25) is 9.69 Å². The largest absolute Gasteiger partial charge is 0.351 e. The van der Waals surface area contributed by atoms with Crippen LogP contribution in [0.2, 0.25) is 0 Å². The number of fused-ring (bicyclic) bond motifs is 2. The molecule has 1 saturated carbocycles. The van der Waals surface area contributed by atoms with Crippen molar-refractivity contribution in [2.45, 2.75) is 51.1 Å². The van der Waals surface area contributed by atoms with E-state index in [4.69, 9.17) is 6.57 Å². The van der Waals surface area contributed by atoms with Crippen molar-refractivity contribution in [2.24, 2.45) is 5.92 Å². The molecule has 1 aromatic heterocycles. The van der Waals surface area contributed by atoms with E-state index in [-0.39, 0.29) is 11.9 Å². The second-order valence-corrected chi connectivity index (χ2v) is 9.34. The number of nitrogens with one attached hydrogen (secondary N) is 2. The first-order valence-corrected chi connectivity index (χ1v) is 11.8. The Labute approximate surface area is 189 Å². The molecule has 1 aliphatic heterocycles. The molecule has 0 saturated heterocycles. The molecule has 32 heavy (non-hydrogen) atoms. The van der Waals surface area contributed by atoms with E-state index >= 15 is 0 Å². The Balaban J connectivity index is 1.08. The lowest BCUT2D eigenvalue weighted by molar-refractivity contribution is 0.0915. The van der Waals surface area contributed by atoms with Gasteiger partial charge in [-0.15, -0.1) is 0 Å². The van der Waals surface area contributed by atoms with Crippen LogP contribution in [-0.4, -0.2) is 34.9 Å². The monoisotopic (exact) mass is 426 g/mol. The molecule has 3 aromatic rings. The van der Waals surface area contributed by atoms with Crippen LogP contribution in [-0.2, 0) is 13.0 Å². The summed E-state index contributed by atoms with van der Waals surface area (Å²) in [6.45, 7) is 10.4. The van der Waals surface area contributed by atoms with Crippen LogP contribution in [0.5, 0.6) is 0 Å². The average Bonchev–Trinajstić information content (AvgIpc) is 3.28. The molecule has 0 radical (unpaired) electrons. The Bertz CT molecular complexity index is 1120. The molecule has 0 spiro atoms. The van der Waals surface area contributed by atoms with Crippen LogP contribution in [0.15, 0.2) is 48.5 Å².